The van der Waals surface area contributed by atoms with Gasteiger partial charge in [-0.1, -0.05) is 24.3 Å². The summed E-state index contributed by atoms with van der Waals surface area (Å²) in [5.41, 5.74) is 1.87. The maximum absolute atomic E-state index is 12.0. The Morgan fingerprint density at radius 3 is 2.60 bits per heavy atom. The van der Waals surface area contributed by atoms with Gasteiger partial charge >= 0.3 is 5.97 Å². The number of aliphatic hydroxyl groups is 2. The molecule has 3 aromatic rings. The molecule has 3 rings (SSSR count). The molecule has 2 N–H and O–H groups in total. The van der Waals surface area contributed by atoms with Gasteiger partial charge in [-0.15, -0.1) is 11.3 Å². The minimum atomic E-state index is -1.72. The molecule has 0 saturated heterocycles. The minimum absolute atomic E-state index is 0.0613. The Kier molecular flexibility index (Phi) is 5.05. The second-order valence-corrected chi connectivity index (χ2v) is 6.39. The van der Waals surface area contributed by atoms with E-state index >= 15 is 0 Å². The number of hydrogen-bond donors (Lipinski definition) is 2. The summed E-state index contributed by atoms with van der Waals surface area (Å²) in [6, 6.07) is 15.8. The SMILES string of the molecule is N#Cc1ccc(COC(=O)[C@@H](O)[C@H](O)c2nc3ccccc3s2)cc1. The van der Waals surface area contributed by atoms with Crippen LogP contribution in [0.5, 0.6) is 0 Å². The first-order chi connectivity index (χ1) is 12.1. The fourth-order valence-electron chi connectivity index (χ4n) is 2.20. The van der Waals surface area contributed by atoms with Gasteiger partial charge in [0.15, 0.2) is 6.10 Å². The number of rotatable bonds is 5. The van der Waals surface area contributed by atoms with Crippen LogP contribution in [0, 0.1) is 11.3 Å². The van der Waals surface area contributed by atoms with E-state index in [0.29, 0.717) is 16.6 Å². The molecule has 0 aliphatic rings. The third-order valence-electron chi connectivity index (χ3n) is 3.57. The first-order valence-corrected chi connectivity index (χ1v) is 8.27. The Labute approximate surface area is 147 Å². The summed E-state index contributed by atoms with van der Waals surface area (Å²) in [5, 5.41) is 29.2. The molecule has 0 saturated carbocycles. The molecule has 0 spiro atoms. The number of carbonyl (C=O) groups is 1. The molecule has 7 heteroatoms. The molecule has 0 radical (unpaired) electrons. The van der Waals surface area contributed by atoms with Crippen LogP contribution in [0.1, 0.15) is 22.2 Å². The van der Waals surface area contributed by atoms with Crippen molar-refractivity contribution in [3.05, 3.63) is 64.7 Å². The number of aliphatic hydroxyl groups excluding tert-OH is 2. The van der Waals surface area contributed by atoms with Crippen molar-refractivity contribution >= 4 is 27.5 Å². The lowest BCUT2D eigenvalue weighted by atomic mass is 10.1. The lowest BCUT2D eigenvalue weighted by molar-refractivity contribution is -0.161. The summed E-state index contributed by atoms with van der Waals surface area (Å²) in [5.74, 6) is -0.934. The molecule has 6 nitrogen and oxygen atoms in total. The largest absolute Gasteiger partial charge is 0.459 e. The van der Waals surface area contributed by atoms with Crippen LogP contribution in [0.4, 0.5) is 0 Å². The fraction of sp³-hybridized carbons (Fsp3) is 0.167. The summed E-state index contributed by atoms with van der Waals surface area (Å²) in [4.78, 5) is 16.2. The summed E-state index contributed by atoms with van der Waals surface area (Å²) < 4.78 is 5.88. The van der Waals surface area contributed by atoms with E-state index in [1.54, 1.807) is 30.3 Å². The molecule has 2 aromatic carbocycles. The molecule has 1 aromatic heterocycles. The normalized spacial score (nSPS) is 13.2. The first-order valence-electron chi connectivity index (χ1n) is 7.46. The number of benzene rings is 2. The minimum Gasteiger partial charge on any atom is -0.459 e. The maximum atomic E-state index is 12.0. The van der Waals surface area contributed by atoms with Gasteiger partial charge in [-0.25, -0.2) is 9.78 Å². The third-order valence-corrected chi connectivity index (χ3v) is 4.68. The third kappa shape index (κ3) is 3.83. The number of ether oxygens (including phenoxy) is 1. The van der Waals surface area contributed by atoms with Crippen molar-refractivity contribution in [2.75, 3.05) is 0 Å². The number of nitriles is 1. The Morgan fingerprint density at radius 1 is 1.20 bits per heavy atom. The number of aromatic nitrogens is 1. The summed E-state index contributed by atoms with van der Waals surface area (Å²) in [6.45, 7) is -0.0613. The molecule has 0 unspecified atom stereocenters. The van der Waals surface area contributed by atoms with Crippen molar-refractivity contribution in [3.8, 4) is 6.07 Å². The number of esters is 1. The van der Waals surface area contributed by atoms with E-state index in [1.165, 1.54) is 11.3 Å². The van der Waals surface area contributed by atoms with Gasteiger partial charge in [0.2, 0.25) is 0 Å². The first kappa shape index (κ1) is 17.0. The maximum Gasteiger partial charge on any atom is 0.338 e. The van der Waals surface area contributed by atoms with Crippen LogP contribution in [0.2, 0.25) is 0 Å². The van der Waals surface area contributed by atoms with Gasteiger partial charge in [0, 0.05) is 0 Å². The predicted octanol–water partition coefficient (Wildman–Crippen LogP) is 2.31. The zero-order chi connectivity index (χ0) is 17.8. The van der Waals surface area contributed by atoms with Crippen LogP contribution in [-0.2, 0) is 16.1 Å². The van der Waals surface area contributed by atoms with Gasteiger partial charge < -0.3 is 14.9 Å². The van der Waals surface area contributed by atoms with E-state index in [-0.39, 0.29) is 11.6 Å². The van der Waals surface area contributed by atoms with Crippen molar-refractivity contribution in [1.29, 1.82) is 5.26 Å². The van der Waals surface area contributed by atoms with Crippen LogP contribution >= 0.6 is 11.3 Å². The van der Waals surface area contributed by atoms with Crippen molar-refractivity contribution in [1.82, 2.24) is 4.98 Å². The lowest BCUT2D eigenvalue weighted by Crippen LogP contribution is -2.29. The van der Waals surface area contributed by atoms with E-state index in [9.17, 15) is 15.0 Å². The van der Waals surface area contributed by atoms with Gasteiger partial charge in [-0.2, -0.15) is 5.26 Å². The second-order valence-electron chi connectivity index (χ2n) is 5.33. The van der Waals surface area contributed by atoms with Gasteiger partial charge in [0.25, 0.3) is 0 Å². The molecule has 25 heavy (non-hydrogen) atoms. The molecule has 0 amide bonds. The summed E-state index contributed by atoms with van der Waals surface area (Å²) in [7, 11) is 0. The number of nitrogens with zero attached hydrogens (tertiary/aromatic N) is 2. The van der Waals surface area contributed by atoms with Gasteiger partial charge in [-0.05, 0) is 29.8 Å². The zero-order valence-electron chi connectivity index (χ0n) is 13.0. The second kappa shape index (κ2) is 7.40. The number of thiazole rings is 1. The highest BCUT2D eigenvalue weighted by Crippen LogP contribution is 2.28. The molecule has 0 fully saturated rings. The highest BCUT2D eigenvalue weighted by atomic mass is 32.1. The Bertz CT molecular complexity index is 897. The van der Waals surface area contributed by atoms with Crippen molar-refractivity contribution in [3.63, 3.8) is 0 Å². The molecule has 126 valence electrons. The summed E-state index contributed by atoms with van der Waals surface area (Å²) in [6.07, 6.45) is -3.18. The average molecular weight is 354 g/mol. The van der Waals surface area contributed by atoms with Gasteiger partial charge in [0.05, 0.1) is 21.8 Å². The zero-order valence-corrected chi connectivity index (χ0v) is 13.8. The Balaban J connectivity index is 1.63. The smallest absolute Gasteiger partial charge is 0.338 e. The lowest BCUT2D eigenvalue weighted by Gasteiger charge is -2.14. The Morgan fingerprint density at radius 2 is 1.92 bits per heavy atom. The van der Waals surface area contributed by atoms with E-state index in [1.807, 2.05) is 24.3 Å². The molecule has 2 atom stereocenters. The number of fused-ring (bicyclic) bond motifs is 1. The van der Waals surface area contributed by atoms with Crippen LogP contribution < -0.4 is 0 Å². The predicted molar refractivity (Wildman–Crippen MR) is 91.5 cm³/mol. The van der Waals surface area contributed by atoms with E-state index < -0.39 is 18.2 Å². The van der Waals surface area contributed by atoms with Crippen molar-refractivity contribution in [2.45, 2.75) is 18.8 Å². The monoisotopic (exact) mass is 354 g/mol. The highest BCUT2D eigenvalue weighted by molar-refractivity contribution is 7.18. The standard InChI is InChI=1S/C18H14N2O4S/c19-9-11-5-7-12(8-6-11)10-24-18(23)16(22)15(21)17-20-13-3-1-2-4-14(13)25-17/h1-8,15-16,21-22H,10H2/t15-,16-/m0/s1. The van der Waals surface area contributed by atoms with Crippen molar-refractivity contribution < 1.29 is 19.7 Å². The number of carbonyl (C=O) groups excluding carboxylic acids is 1. The molecule has 0 bridgehead atoms. The highest BCUT2D eigenvalue weighted by Gasteiger charge is 2.29. The van der Waals surface area contributed by atoms with E-state index in [0.717, 1.165) is 4.70 Å². The number of para-hydroxylation sites is 1. The van der Waals surface area contributed by atoms with Gasteiger partial charge in [-0.3, -0.25) is 0 Å². The molecule has 0 aliphatic carbocycles. The van der Waals surface area contributed by atoms with Crippen LogP contribution in [0.3, 0.4) is 0 Å². The van der Waals surface area contributed by atoms with E-state index in [4.69, 9.17) is 10.00 Å². The van der Waals surface area contributed by atoms with Crippen LogP contribution in [-0.4, -0.2) is 27.3 Å². The Hall–Kier alpha value is -2.79. The quantitative estimate of drug-likeness (QED) is 0.682. The van der Waals surface area contributed by atoms with Gasteiger partial charge in [0.1, 0.15) is 17.7 Å². The average Bonchev–Trinajstić information content (AvgIpc) is 3.09. The molecule has 1 heterocycles. The van der Waals surface area contributed by atoms with Crippen molar-refractivity contribution in [2.24, 2.45) is 0 Å². The molecular weight excluding hydrogens is 340 g/mol. The van der Waals surface area contributed by atoms with E-state index in [2.05, 4.69) is 4.98 Å². The molecular formula is C18H14N2O4S. The number of hydrogen-bond acceptors (Lipinski definition) is 7. The summed E-state index contributed by atoms with van der Waals surface area (Å²) >= 11 is 1.21. The van der Waals surface area contributed by atoms with Crippen LogP contribution in [0.15, 0.2) is 48.5 Å². The molecule has 0 aliphatic heterocycles. The fourth-order valence-corrected chi connectivity index (χ4v) is 3.18. The van der Waals surface area contributed by atoms with Crippen LogP contribution in [0.25, 0.3) is 10.2 Å². The topological polar surface area (TPSA) is 103 Å².